The van der Waals surface area contributed by atoms with Crippen LogP contribution in [0.3, 0.4) is 0 Å². The van der Waals surface area contributed by atoms with Gasteiger partial charge in [-0.15, -0.1) is 0 Å². The summed E-state index contributed by atoms with van der Waals surface area (Å²) in [4.78, 5) is 30.4. The lowest BCUT2D eigenvalue weighted by Crippen LogP contribution is -2.23. The summed E-state index contributed by atoms with van der Waals surface area (Å²) in [6.45, 7) is 1.74. The standard InChI is InChI=1S/C17H16N4O2S/c1-10(24-17-20-14(18)9-15(22)21-17)16(23)19-13-8-4-6-11-5-2-3-7-12(11)13/h2-10H,1H3,(H,19,23)(H3,18,20,21,22)/t10-/m0/s1. The number of hydrogen-bond acceptors (Lipinski definition) is 5. The topological polar surface area (TPSA) is 101 Å². The van der Waals surface area contributed by atoms with Gasteiger partial charge in [0.1, 0.15) is 5.82 Å². The van der Waals surface area contributed by atoms with E-state index in [1.165, 1.54) is 6.07 Å². The van der Waals surface area contributed by atoms with E-state index < -0.39 is 5.25 Å². The lowest BCUT2D eigenvalue weighted by molar-refractivity contribution is -0.115. The van der Waals surface area contributed by atoms with Gasteiger partial charge in [-0.25, -0.2) is 4.98 Å². The van der Waals surface area contributed by atoms with Gasteiger partial charge >= 0.3 is 0 Å². The molecule has 3 aromatic rings. The maximum absolute atomic E-state index is 12.4. The third-order valence-corrected chi connectivity index (χ3v) is 4.43. The molecule has 1 amide bonds. The first-order chi connectivity index (χ1) is 11.5. The van der Waals surface area contributed by atoms with Crippen LogP contribution in [0.1, 0.15) is 6.92 Å². The van der Waals surface area contributed by atoms with Crippen molar-refractivity contribution in [2.24, 2.45) is 0 Å². The van der Waals surface area contributed by atoms with Gasteiger partial charge in [-0.1, -0.05) is 48.2 Å². The van der Waals surface area contributed by atoms with E-state index in [1.807, 2.05) is 42.5 Å². The normalized spacial score (nSPS) is 12.0. The second-order valence-electron chi connectivity index (χ2n) is 5.25. The third kappa shape index (κ3) is 3.57. The summed E-state index contributed by atoms with van der Waals surface area (Å²) in [5.74, 6) is -0.0515. The highest BCUT2D eigenvalue weighted by atomic mass is 32.2. The largest absolute Gasteiger partial charge is 0.383 e. The Balaban J connectivity index is 1.77. The fourth-order valence-corrected chi connectivity index (χ4v) is 3.12. The summed E-state index contributed by atoms with van der Waals surface area (Å²) >= 11 is 1.15. The fraction of sp³-hybridized carbons (Fsp3) is 0.118. The highest BCUT2D eigenvalue weighted by molar-refractivity contribution is 8.00. The molecule has 0 fully saturated rings. The Hall–Kier alpha value is -2.80. The zero-order valence-electron chi connectivity index (χ0n) is 12.9. The number of fused-ring (bicyclic) bond motifs is 1. The van der Waals surface area contributed by atoms with E-state index in [0.717, 1.165) is 28.2 Å². The van der Waals surface area contributed by atoms with Crippen molar-refractivity contribution in [2.45, 2.75) is 17.3 Å². The Labute approximate surface area is 142 Å². The minimum Gasteiger partial charge on any atom is -0.383 e. The van der Waals surface area contributed by atoms with Crippen LogP contribution in [0.15, 0.2) is 58.5 Å². The van der Waals surface area contributed by atoms with Crippen molar-refractivity contribution in [1.82, 2.24) is 9.97 Å². The van der Waals surface area contributed by atoms with Crippen LogP contribution in [-0.2, 0) is 4.79 Å². The predicted octanol–water partition coefficient (Wildman–Crippen LogP) is 2.62. The molecule has 2 aromatic carbocycles. The first-order valence-electron chi connectivity index (χ1n) is 7.35. The Morgan fingerprint density at radius 2 is 2.00 bits per heavy atom. The zero-order chi connectivity index (χ0) is 17.1. The number of nitrogens with two attached hydrogens (primary N) is 1. The highest BCUT2D eigenvalue weighted by Gasteiger charge is 2.17. The third-order valence-electron chi connectivity index (χ3n) is 3.44. The molecule has 7 heteroatoms. The minimum absolute atomic E-state index is 0.128. The summed E-state index contributed by atoms with van der Waals surface area (Å²) in [5, 5.41) is 4.82. The first-order valence-corrected chi connectivity index (χ1v) is 8.23. The van der Waals surface area contributed by atoms with Crippen molar-refractivity contribution in [3.63, 3.8) is 0 Å². The van der Waals surface area contributed by atoms with E-state index in [2.05, 4.69) is 15.3 Å². The molecule has 4 N–H and O–H groups in total. The molecule has 0 aliphatic rings. The van der Waals surface area contributed by atoms with Crippen molar-refractivity contribution in [2.75, 3.05) is 11.1 Å². The van der Waals surface area contributed by atoms with Crippen LogP contribution in [-0.4, -0.2) is 21.1 Å². The van der Waals surface area contributed by atoms with Gasteiger partial charge in [0.2, 0.25) is 5.91 Å². The Morgan fingerprint density at radius 3 is 2.79 bits per heavy atom. The lowest BCUT2D eigenvalue weighted by Gasteiger charge is -2.13. The van der Waals surface area contributed by atoms with E-state index in [0.29, 0.717) is 5.16 Å². The predicted molar refractivity (Wildman–Crippen MR) is 97.2 cm³/mol. The number of carbonyl (C=O) groups excluding carboxylic acids is 1. The molecule has 1 heterocycles. The van der Waals surface area contributed by atoms with Crippen molar-refractivity contribution >= 4 is 39.9 Å². The molecule has 122 valence electrons. The Kier molecular flexibility index (Phi) is 4.52. The monoisotopic (exact) mass is 340 g/mol. The number of nitrogen functional groups attached to an aromatic ring is 1. The van der Waals surface area contributed by atoms with Gasteiger partial charge in [-0.3, -0.25) is 9.59 Å². The molecule has 6 nitrogen and oxygen atoms in total. The number of rotatable bonds is 4. The summed E-state index contributed by atoms with van der Waals surface area (Å²) in [5.41, 5.74) is 5.96. The number of benzene rings is 2. The van der Waals surface area contributed by atoms with Crippen LogP contribution in [0.4, 0.5) is 11.5 Å². The SMILES string of the molecule is C[C@H](Sc1nc(N)cc(=O)[nH]1)C(=O)Nc1cccc2ccccc12. The maximum Gasteiger partial charge on any atom is 0.253 e. The lowest BCUT2D eigenvalue weighted by atomic mass is 10.1. The van der Waals surface area contributed by atoms with Crippen LogP contribution in [0.2, 0.25) is 0 Å². The fourth-order valence-electron chi connectivity index (χ4n) is 2.30. The molecular formula is C17H16N4O2S. The second kappa shape index (κ2) is 6.76. The number of anilines is 2. The van der Waals surface area contributed by atoms with Crippen molar-refractivity contribution < 1.29 is 4.79 Å². The van der Waals surface area contributed by atoms with Gasteiger partial charge in [0.25, 0.3) is 5.56 Å². The molecule has 1 aromatic heterocycles. The summed E-state index contributed by atoms with van der Waals surface area (Å²) in [7, 11) is 0. The highest BCUT2D eigenvalue weighted by Crippen LogP contribution is 2.25. The van der Waals surface area contributed by atoms with Crippen LogP contribution in [0, 0.1) is 0 Å². The molecule has 1 atom stereocenters. The maximum atomic E-state index is 12.4. The quantitative estimate of drug-likeness (QED) is 0.501. The average molecular weight is 340 g/mol. The Morgan fingerprint density at radius 1 is 1.25 bits per heavy atom. The zero-order valence-corrected chi connectivity index (χ0v) is 13.8. The average Bonchev–Trinajstić information content (AvgIpc) is 2.54. The number of nitrogens with one attached hydrogen (secondary N) is 2. The molecular weight excluding hydrogens is 324 g/mol. The smallest absolute Gasteiger partial charge is 0.253 e. The van der Waals surface area contributed by atoms with E-state index in [1.54, 1.807) is 6.92 Å². The van der Waals surface area contributed by atoms with Crippen LogP contribution in [0.25, 0.3) is 10.8 Å². The van der Waals surface area contributed by atoms with Crippen molar-refractivity contribution in [3.8, 4) is 0 Å². The molecule has 0 radical (unpaired) electrons. The van der Waals surface area contributed by atoms with E-state index >= 15 is 0 Å². The molecule has 0 aliphatic heterocycles. The van der Waals surface area contributed by atoms with Gasteiger partial charge in [0, 0.05) is 17.1 Å². The number of H-pyrrole nitrogens is 1. The van der Waals surface area contributed by atoms with E-state index in [4.69, 9.17) is 5.73 Å². The molecule has 0 saturated heterocycles. The summed E-state index contributed by atoms with van der Waals surface area (Å²) < 4.78 is 0. The molecule has 0 aliphatic carbocycles. The number of thioether (sulfide) groups is 1. The van der Waals surface area contributed by atoms with Gasteiger partial charge in [0.15, 0.2) is 5.16 Å². The van der Waals surface area contributed by atoms with E-state index in [9.17, 15) is 9.59 Å². The number of aromatic amines is 1. The van der Waals surface area contributed by atoms with Gasteiger partial charge < -0.3 is 16.0 Å². The van der Waals surface area contributed by atoms with Gasteiger partial charge in [-0.05, 0) is 18.4 Å². The molecule has 0 unspecified atom stereocenters. The minimum atomic E-state index is -0.450. The van der Waals surface area contributed by atoms with Crippen molar-refractivity contribution in [3.05, 3.63) is 58.9 Å². The molecule has 24 heavy (non-hydrogen) atoms. The molecule has 0 bridgehead atoms. The van der Waals surface area contributed by atoms with Crippen LogP contribution >= 0.6 is 11.8 Å². The Bertz CT molecular complexity index is 949. The van der Waals surface area contributed by atoms with E-state index in [-0.39, 0.29) is 17.3 Å². The number of hydrogen-bond donors (Lipinski definition) is 3. The molecule has 3 rings (SSSR count). The van der Waals surface area contributed by atoms with Crippen LogP contribution < -0.4 is 16.6 Å². The van der Waals surface area contributed by atoms with Gasteiger partial charge in [-0.2, -0.15) is 0 Å². The number of aromatic nitrogens is 2. The number of amides is 1. The second-order valence-corrected chi connectivity index (χ2v) is 6.58. The van der Waals surface area contributed by atoms with Crippen LogP contribution in [0.5, 0.6) is 0 Å². The number of carbonyl (C=O) groups is 1. The summed E-state index contributed by atoms with van der Waals surface area (Å²) in [6, 6.07) is 14.8. The molecule has 0 spiro atoms. The first kappa shape index (κ1) is 16.1. The number of nitrogens with zero attached hydrogens (tertiary/aromatic N) is 1. The molecule has 0 saturated carbocycles. The van der Waals surface area contributed by atoms with Gasteiger partial charge in [0.05, 0.1) is 5.25 Å². The summed E-state index contributed by atoms with van der Waals surface area (Å²) in [6.07, 6.45) is 0. The van der Waals surface area contributed by atoms with Crippen molar-refractivity contribution in [1.29, 1.82) is 0 Å².